The summed E-state index contributed by atoms with van der Waals surface area (Å²) in [6.45, 7) is 5.36. The second-order valence-electron chi connectivity index (χ2n) is 6.61. The van der Waals surface area contributed by atoms with Crippen molar-refractivity contribution in [3.05, 3.63) is 52.2 Å². The Balaban J connectivity index is 1.87. The molecule has 2 aromatic rings. The summed E-state index contributed by atoms with van der Waals surface area (Å²) in [5.74, 6) is 0.491. The Bertz CT molecular complexity index is 832. The van der Waals surface area contributed by atoms with Gasteiger partial charge in [0.15, 0.2) is 18.1 Å². The van der Waals surface area contributed by atoms with E-state index in [9.17, 15) is 9.59 Å². The Hall–Kier alpha value is -2.80. The molecule has 2 rings (SSSR count). The van der Waals surface area contributed by atoms with Crippen molar-refractivity contribution < 1.29 is 23.8 Å². The average molecular weight is 432 g/mol. The highest BCUT2D eigenvalue weighted by atomic mass is 32.1. The van der Waals surface area contributed by atoms with Crippen LogP contribution in [0.3, 0.4) is 0 Å². The number of benzene rings is 1. The summed E-state index contributed by atoms with van der Waals surface area (Å²) in [7, 11) is 1.69. The quantitative estimate of drug-likeness (QED) is 0.280. The van der Waals surface area contributed by atoms with E-state index in [1.807, 2.05) is 42.6 Å². The summed E-state index contributed by atoms with van der Waals surface area (Å²) in [5, 5.41) is 1.96. The first-order valence-electron chi connectivity index (χ1n) is 10.0. The maximum absolute atomic E-state index is 12.1. The van der Waals surface area contributed by atoms with E-state index in [2.05, 4.69) is 6.92 Å². The molecule has 0 aliphatic carbocycles. The fourth-order valence-corrected chi connectivity index (χ4v) is 3.28. The molecule has 0 N–H and O–H groups in total. The van der Waals surface area contributed by atoms with Gasteiger partial charge in [0.25, 0.3) is 5.91 Å². The van der Waals surface area contributed by atoms with Gasteiger partial charge in [-0.3, -0.25) is 4.79 Å². The van der Waals surface area contributed by atoms with Crippen molar-refractivity contribution in [2.24, 2.45) is 0 Å². The van der Waals surface area contributed by atoms with Crippen molar-refractivity contribution in [3.8, 4) is 11.5 Å². The molecule has 0 spiro atoms. The minimum Gasteiger partial charge on any atom is -0.490 e. The van der Waals surface area contributed by atoms with Gasteiger partial charge in [0, 0.05) is 18.0 Å². The van der Waals surface area contributed by atoms with Crippen molar-refractivity contribution in [1.29, 1.82) is 0 Å². The first-order valence-corrected chi connectivity index (χ1v) is 10.9. The van der Waals surface area contributed by atoms with Crippen molar-refractivity contribution >= 4 is 29.3 Å². The maximum Gasteiger partial charge on any atom is 0.331 e. The van der Waals surface area contributed by atoms with Gasteiger partial charge in [0.05, 0.1) is 19.8 Å². The third-order valence-corrected chi connectivity index (χ3v) is 5.03. The molecule has 1 amide bonds. The molecule has 0 unspecified atom stereocenters. The molecule has 6 nitrogen and oxygen atoms in total. The van der Waals surface area contributed by atoms with Gasteiger partial charge in [-0.1, -0.05) is 25.5 Å². The van der Waals surface area contributed by atoms with Crippen molar-refractivity contribution in [3.63, 3.8) is 0 Å². The Morgan fingerprint density at radius 1 is 1.13 bits per heavy atom. The van der Waals surface area contributed by atoms with E-state index in [0.29, 0.717) is 31.3 Å². The summed E-state index contributed by atoms with van der Waals surface area (Å²) < 4.78 is 16.5. The zero-order valence-electron chi connectivity index (χ0n) is 17.8. The number of unbranched alkanes of at least 4 members (excludes halogenated alkanes) is 1. The third kappa shape index (κ3) is 7.91. The van der Waals surface area contributed by atoms with Gasteiger partial charge in [0.2, 0.25) is 0 Å². The lowest BCUT2D eigenvalue weighted by molar-refractivity contribution is -0.147. The molecular formula is C23H29NO5S. The molecule has 1 aromatic carbocycles. The minimum atomic E-state index is -0.575. The van der Waals surface area contributed by atoms with Crippen LogP contribution < -0.4 is 9.47 Å². The molecule has 7 heteroatoms. The number of rotatable bonds is 12. The maximum atomic E-state index is 12.1. The van der Waals surface area contributed by atoms with Gasteiger partial charge < -0.3 is 19.1 Å². The van der Waals surface area contributed by atoms with Gasteiger partial charge in [-0.25, -0.2) is 4.79 Å². The lowest BCUT2D eigenvalue weighted by Crippen LogP contribution is -2.30. The number of hydrogen-bond donors (Lipinski definition) is 0. The van der Waals surface area contributed by atoms with Gasteiger partial charge in [-0.2, -0.15) is 0 Å². The second kappa shape index (κ2) is 12.7. The molecular weight excluding hydrogens is 402 g/mol. The molecule has 1 aromatic heterocycles. The molecule has 0 radical (unpaired) electrons. The molecule has 0 atom stereocenters. The lowest BCUT2D eigenvalue weighted by Gasteiger charge is -2.15. The van der Waals surface area contributed by atoms with Crippen molar-refractivity contribution in [1.82, 2.24) is 4.90 Å². The van der Waals surface area contributed by atoms with E-state index >= 15 is 0 Å². The Kier molecular flexibility index (Phi) is 9.94. The summed E-state index contributed by atoms with van der Waals surface area (Å²) in [6.07, 6.45) is 4.95. The van der Waals surface area contributed by atoms with Gasteiger partial charge >= 0.3 is 5.97 Å². The van der Waals surface area contributed by atoms with Gasteiger partial charge in [-0.05, 0) is 48.6 Å². The zero-order valence-corrected chi connectivity index (χ0v) is 18.6. The first-order chi connectivity index (χ1) is 14.5. The topological polar surface area (TPSA) is 65.1 Å². The number of carbonyl (C=O) groups excluding carboxylic acids is 2. The number of thiophene rings is 1. The standard InChI is InChI=1S/C23H29NO5S/c1-4-6-13-28-20-11-9-18(15-21(20)27-5-2)10-12-23(26)29-17-22(25)24(3)16-19-8-7-14-30-19/h7-12,14-15H,4-6,13,16-17H2,1-3H3/b12-10+. The Labute approximate surface area is 182 Å². The number of nitrogens with zero attached hydrogens (tertiary/aromatic N) is 1. The van der Waals surface area contributed by atoms with E-state index in [1.165, 1.54) is 11.0 Å². The number of carbonyl (C=O) groups is 2. The average Bonchev–Trinajstić information content (AvgIpc) is 3.25. The molecule has 0 aliphatic heterocycles. The van der Waals surface area contributed by atoms with E-state index in [4.69, 9.17) is 14.2 Å². The summed E-state index contributed by atoms with van der Waals surface area (Å²) >= 11 is 1.58. The van der Waals surface area contributed by atoms with Crippen LogP contribution in [0.25, 0.3) is 6.08 Å². The van der Waals surface area contributed by atoms with E-state index in [-0.39, 0.29) is 12.5 Å². The molecule has 162 valence electrons. The van der Waals surface area contributed by atoms with Crippen LogP contribution in [0.1, 0.15) is 37.1 Å². The number of ether oxygens (including phenoxy) is 3. The summed E-state index contributed by atoms with van der Waals surface area (Å²) in [5.41, 5.74) is 0.777. The summed E-state index contributed by atoms with van der Waals surface area (Å²) in [6, 6.07) is 9.38. The fourth-order valence-electron chi connectivity index (χ4n) is 2.52. The highest BCUT2D eigenvalue weighted by molar-refractivity contribution is 7.09. The highest BCUT2D eigenvalue weighted by Crippen LogP contribution is 2.29. The van der Waals surface area contributed by atoms with E-state index < -0.39 is 5.97 Å². The molecule has 0 bridgehead atoms. The van der Waals surface area contributed by atoms with Crippen LogP contribution in [0, 0.1) is 0 Å². The number of esters is 1. The molecule has 0 fully saturated rings. The predicted molar refractivity (Wildman–Crippen MR) is 119 cm³/mol. The predicted octanol–water partition coefficient (Wildman–Crippen LogP) is 4.54. The number of hydrogen-bond acceptors (Lipinski definition) is 6. The summed E-state index contributed by atoms with van der Waals surface area (Å²) in [4.78, 5) is 26.7. The van der Waals surface area contributed by atoms with Crippen LogP contribution in [0.2, 0.25) is 0 Å². The van der Waals surface area contributed by atoms with Crippen LogP contribution >= 0.6 is 11.3 Å². The monoisotopic (exact) mass is 431 g/mol. The van der Waals surface area contributed by atoms with Crippen molar-refractivity contribution in [2.75, 3.05) is 26.9 Å². The Morgan fingerprint density at radius 2 is 1.97 bits per heavy atom. The third-order valence-electron chi connectivity index (χ3n) is 4.17. The molecule has 0 saturated carbocycles. The largest absolute Gasteiger partial charge is 0.490 e. The van der Waals surface area contributed by atoms with Crippen LogP contribution in [0.5, 0.6) is 11.5 Å². The smallest absolute Gasteiger partial charge is 0.331 e. The van der Waals surface area contributed by atoms with Crippen molar-refractivity contribution in [2.45, 2.75) is 33.2 Å². The molecule has 0 saturated heterocycles. The molecule has 1 heterocycles. The molecule has 30 heavy (non-hydrogen) atoms. The second-order valence-corrected chi connectivity index (χ2v) is 7.64. The first kappa shape index (κ1) is 23.5. The van der Waals surface area contributed by atoms with Crippen LogP contribution in [0.4, 0.5) is 0 Å². The lowest BCUT2D eigenvalue weighted by atomic mass is 10.2. The SMILES string of the molecule is CCCCOc1ccc(/C=C/C(=O)OCC(=O)N(C)Cc2cccs2)cc1OCC. The van der Waals surface area contributed by atoms with Crippen LogP contribution in [-0.2, 0) is 20.9 Å². The Morgan fingerprint density at radius 3 is 2.67 bits per heavy atom. The number of likely N-dealkylation sites (N-methyl/N-ethyl adjacent to an activating group) is 1. The highest BCUT2D eigenvalue weighted by Gasteiger charge is 2.12. The van der Waals surface area contributed by atoms with Gasteiger partial charge in [0.1, 0.15) is 0 Å². The molecule has 0 aliphatic rings. The van der Waals surface area contributed by atoms with Crippen LogP contribution in [-0.4, -0.2) is 43.6 Å². The van der Waals surface area contributed by atoms with Crippen LogP contribution in [0.15, 0.2) is 41.8 Å². The fraction of sp³-hybridized carbons (Fsp3) is 0.391. The van der Waals surface area contributed by atoms with E-state index in [0.717, 1.165) is 23.3 Å². The van der Waals surface area contributed by atoms with E-state index in [1.54, 1.807) is 24.5 Å². The normalized spacial score (nSPS) is 10.8. The minimum absolute atomic E-state index is 0.252. The van der Waals surface area contributed by atoms with Gasteiger partial charge in [-0.15, -0.1) is 11.3 Å². The number of amides is 1. The zero-order chi connectivity index (χ0) is 21.8.